The molecule has 0 saturated heterocycles. The molecule has 2 aromatic rings. The smallest absolute Gasteiger partial charge is 0.255 e. The van der Waals surface area contributed by atoms with Gasteiger partial charge in [0.05, 0.1) is 25.0 Å². The fourth-order valence-electron chi connectivity index (χ4n) is 4.07. The molecule has 0 amide bonds. The SMILES string of the molecule is O[C@@H]1[C@H](O)[C@@H]2C[C@@H]2[C@H]1n1cnc2c(NCC(F)F)nc(C3CC3)nc21. The van der Waals surface area contributed by atoms with E-state index in [9.17, 15) is 19.0 Å². The first-order valence-corrected chi connectivity index (χ1v) is 8.67. The Bertz CT molecular complexity index is 824. The number of rotatable bonds is 5. The van der Waals surface area contributed by atoms with Crippen LogP contribution < -0.4 is 5.32 Å². The number of imidazole rings is 1. The summed E-state index contributed by atoms with van der Waals surface area (Å²) < 4.78 is 27.0. The minimum absolute atomic E-state index is 0.124. The third-order valence-electron chi connectivity index (χ3n) is 5.59. The molecule has 0 spiro atoms. The highest BCUT2D eigenvalue weighted by Crippen LogP contribution is 2.58. The minimum atomic E-state index is -2.49. The van der Waals surface area contributed by atoms with Crippen LogP contribution in [0.15, 0.2) is 6.33 Å². The topological polar surface area (TPSA) is 96.1 Å². The van der Waals surface area contributed by atoms with E-state index < -0.39 is 25.2 Å². The molecule has 3 aliphatic carbocycles. The predicted octanol–water partition coefficient (Wildman–Crippen LogP) is 1.29. The molecular formula is C16H19F2N5O2. The van der Waals surface area contributed by atoms with Crippen molar-refractivity contribution in [2.45, 2.75) is 49.9 Å². The monoisotopic (exact) mass is 351 g/mol. The zero-order valence-corrected chi connectivity index (χ0v) is 13.4. The Morgan fingerprint density at radius 1 is 1.20 bits per heavy atom. The van der Waals surface area contributed by atoms with Crippen LogP contribution in [0.25, 0.3) is 11.2 Å². The van der Waals surface area contributed by atoms with E-state index in [0.717, 1.165) is 19.3 Å². The molecule has 2 heterocycles. The third-order valence-corrected chi connectivity index (χ3v) is 5.59. The molecule has 9 heteroatoms. The first-order valence-electron chi connectivity index (χ1n) is 8.67. The van der Waals surface area contributed by atoms with Crippen molar-refractivity contribution >= 4 is 17.0 Å². The second kappa shape index (κ2) is 5.31. The Hall–Kier alpha value is -1.87. The summed E-state index contributed by atoms with van der Waals surface area (Å²) in [6.45, 7) is -0.501. The maximum Gasteiger partial charge on any atom is 0.255 e. The fraction of sp³-hybridized carbons (Fsp3) is 0.688. The van der Waals surface area contributed by atoms with Crippen molar-refractivity contribution in [1.82, 2.24) is 19.5 Å². The standard InChI is InChI=1S/C16H19F2N5O2/c17-9(18)4-19-15-10-16(22-14(21-15)6-1-2-6)23(5-20-10)11-7-3-8(7)12(24)13(11)25/h5-9,11-13,24-25H,1-4H2,(H,19,21,22)/t7-,8+,11+,12+,13-/m0/s1. The molecule has 3 N–H and O–H groups in total. The lowest BCUT2D eigenvalue weighted by molar-refractivity contribution is 0.00386. The molecule has 7 nitrogen and oxygen atoms in total. The lowest BCUT2D eigenvalue weighted by Crippen LogP contribution is -2.31. The second-order valence-electron chi connectivity index (χ2n) is 7.34. The number of hydrogen-bond donors (Lipinski definition) is 3. The maximum absolute atomic E-state index is 12.6. The second-order valence-corrected chi connectivity index (χ2v) is 7.34. The van der Waals surface area contributed by atoms with Gasteiger partial charge in [0, 0.05) is 5.92 Å². The summed E-state index contributed by atoms with van der Waals surface area (Å²) in [5.41, 5.74) is 0.966. The summed E-state index contributed by atoms with van der Waals surface area (Å²) in [6, 6.07) is -0.282. The molecule has 3 saturated carbocycles. The largest absolute Gasteiger partial charge is 0.390 e. The van der Waals surface area contributed by atoms with Gasteiger partial charge in [-0.1, -0.05) is 0 Å². The van der Waals surface area contributed by atoms with Crippen LogP contribution in [0.1, 0.15) is 37.0 Å². The van der Waals surface area contributed by atoms with Gasteiger partial charge in [0.1, 0.15) is 17.4 Å². The average molecular weight is 351 g/mol. The van der Waals surface area contributed by atoms with Gasteiger partial charge in [-0.25, -0.2) is 23.7 Å². The number of aromatic nitrogens is 4. The quantitative estimate of drug-likeness (QED) is 0.751. The van der Waals surface area contributed by atoms with Crippen LogP contribution >= 0.6 is 0 Å². The highest BCUT2D eigenvalue weighted by Gasteiger charge is 2.60. The predicted molar refractivity (Wildman–Crippen MR) is 84.4 cm³/mol. The molecule has 0 bridgehead atoms. The molecule has 25 heavy (non-hydrogen) atoms. The summed E-state index contributed by atoms with van der Waals surface area (Å²) in [5, 5.41) is 23.1. The maximum atomic E-state index is 12.6. The molecule has 0 unspecified atom stereocenters. The van der Waals surface area contributed by atoms with Crippen molar-refractivity contribution in [2.75, 3.05) is 11.9 Å². The molecule has 0 radical (unpaired) electrons. The summed E-state index contributed by atoms with van der Waals surface area (Å²) in [6.07, 6.45) is 0.346. The van der Waals surface area contributed by atoms with E-state index in [0.29, 0.717) is 22.8 Å². The average Bonchev–Trinajstić information content (AvgIpc) is 3.49. The zero-order chi connectivity index (χ0) is 17.3. The first-order chi connectivity index (χ1) is 12.0. The van der Waals surface area contributed by atoms with Crippen LogP contribution in [0, 0.1) is 11.8 Å². The van der Waals surface area contributed by atoms with E-state index >= 15 is 0 Å². The summed E-state index contributed by atoms with van der Waals surface area (Å²) in [5.74, 6) is 1.53. The number of fused-ring (bicyclic) bond motifs is 2. The highest BCUT2D eigenvalue weighted by atomic mass is 19.3. The van der Waals surface area contributed by atoms with E-state index in [1.807, 2.05) is 0 Å². The lowest BCUT2D eigenvalue weighted by Gasteiger charge is -2.22. The van der Waals surface area contributed by atoms with E-state index in [2.05, 4.69) is 20.3 Å². The molecule has 2 aromatic heterocycles. The normalized spacial score (nSPS) is 33.9. The summed E-state index contributed by atoms with van der Waals surface area (Å²) in [7, 11) is 0. The van der Waals surface area contributed by atoms with Gasteiger partial charge in [0.25, 0.3) is 6.43 Å². The molecule has 3 fully saturated rings. The number of nitrogens with one attached hydrogen (secondary N) is 1. The molecule has 5 rings (SSSR count). The third kappa shape index (κ3) is 2.40. The Labute approximate surface area is 142 Å². The Kier molecular flexibility index (Phi) is 3.27. The van der Waals surface area contributed by atoms with Crippen molar-refractivity contribution in [1.29, 1.82) is 0 Å². The van der Waals surface area contributed by atoms with Crippen molar-refractivity contribution in [3.05, 3.63) is 12.2 Å². The lowest BCUT2D eigenvalue weighted by atomic mass is 10.1. The van der Waals surface area contributed by atoms with Gasteiger partial charge in [-0.2, -0.15) is 0 Å². The zero-order valence-electron chi connectivity index (χ0n) is 13.4. The highest BCUT2D eigenvalue weighted by molar-refractivity contribution is 5.83. The van der Waals surface area contributed by atoms with Crippen LogP contribution in [-0.2, 0) is 0 Å². The molecule has 0 aliphatic heterocycles. The Morgan fingerprint density at radius 3 is 2.64 bits per heavy atom. The van der Waals surface area contributed by atoms with E-state index in [-0.39, 0.29) is 23.8 Å². The van der Waals surface area contributed by atoms with Crippen molar-refractivity contribution in [3.8, 4) is 0 Å². The van der Waals surface area contributed by atoms with Crippen molar-refractivity contribution in [3.63, 3.8) is 0 Å². The summed E-state index contributed by atoms with van der Waals surface area (Å²) in [4.78, 5) is 13.3. The molecule has 134 valence electrons. The number of hydrogen-bond acceptors (Lipinski definition) is 6. The number of aliphatic hydroxyl groups is 2. The van der Waals surface area contributed by atoms with Gasteiger partial charge >= 0.3 is 0 Å². The van der Waals surface area contributed by atoms with Gasteiger partial charge in [0.2, 0.25) is 0 Å². The van der Waals surface area contributed by atoms with Crippen molar-refractivity contribution < 1.29 is 19.0 Å². The number of aliphatic hydroxyl groups excluding tert-OH is 2. The van der Waals surface area contributed by atoms with Crippen LogP contribution in [0.3, 0.4) is 0 Å². The molecular weight excluding hydrogens is 332 g/mol. The van der Waals surface area contributed by atoms with Crippen molar-refractivity contribution in [2.24, 2.45) is 11.8 Å². The van der Waals surface area contributed by atoms with Gasteiger partial charge < -0.3 is 20.1 Å². The first kappa shape index (κ1) is 15.4. The Morgan fingerprint density at radius 2 is 2.00 bits per heavy atom. The van der Waals surface area contributed by atoms with Crippen LogP contribution in [0.2, 0.25) is 0 Å². The van der Waals surface area contributed by atoms with Gasteiger partial charge in [0.15, 0.2) is 11.5 Å². The molecule has 0 aromatic carbocycles. The Balaban J connectivity index is 1.58. The van der Waals surface area contributed by atoms with E-state index in [1.165, 1.54) is 0 Å². The fourth-order valence-corrected chi connectivity index (χ4v) is 4.07. The molecule has 3 aliphatic rings. The number of alkyl halides is 2. The van der Waals surface area contributed by atoms with Crippen LogP contribution in [-0.4, -0.2) is 54.9 Å². The number of anilines is 1. The summed E-state index contributed by atoms with van der Waals surface area (Å²) >= 11 is 0. The number of halogens is 2. The van der Waals surface area contributed by atoms with Gasteiger partial charge in [-0.05, 0) is 31.1 Å². The van der Waals surface area contributed by atoms with Crippen LogP contribution in [0.4, 0.5) is 14.6 Å². The number of nitrogens with zero attached hydrogens (tertiary/aromatic N) is 4. The van der Waals surface area contributed by atoms with Gasteiger partial charge in [-0.15, -0.1) is 0 Å². The van der Waals surface area contributed by atoms with E-state index in [1.54, 1.807) is 10.9 Å². The minimum Gasteiger partial charge on any atom is -0.390 e. The molecule has 5 atom stereocenters. The van der Waals surface area contributed by atoms with Crippen LogP contribution in [0.5, 0.6) is 0 Å². The van der Waals surface area contributed by atoms with E-state index in [4.69, 9.17) is 0 Å². The van der Waals surface area contributed by atoms with Gasteiger partial charge in [-0.3, -0.25) is 0 Å².